The van der Waals surface area contributed by atoms with Crippen LogP contribution in [0.4, 0.5) is 13.2 Å². The van der Waals surface area contributed by atoms with Crippen molar-refractivity contribution in [3.05, 3.63) is 33.8 Å². The van der Waals surface area contributed by atoms with E-state index >= 15 is 0 Å². The van der Waals surface area contributed by atoms with E-state index in [1.165, 1.54) is 4.90 Å². The number of benzene rings is 1. The first-order valence-corrected chi connectivity index (χ1v) is 6.91. The highest BCUT2D eigenvalue weighted by atomic mass is 79.9. The molecule has 6 heteroatoms. The molecule has 0 unspecified atom stereocenters. The third kappa shape index (κ3) is 5.93. The molecule has 0 amide bonds. The van der Waals surface area contributed by atoms with Gasteiger partial charge in [0.05, 0.1) is 6.54 Å². The maximum atomic E-state index is 12.5. The van der Waals surface area contributed by atoms with Gasteiger partial charge in [-0.2, -0.15) is 13.2 Å². The Bertz CT molecular complexity index is 407. The highest BCUT2D eigenvalue weighted by Gasteiger charge is 2.30. The minimum atomic E-state index is -4.17. The van der Waals surface area contributed by atoms with Crippen LogP contribution < -0.4 is 5.73 Å². The summed E-state index contributed by atoms with van der Waals surface area (Å²) in [6.07, 6.45) is -3.48. The number of hydrogen-bond acceptors (Lipinski definition) is 2. The number of halogens is 4. The molecule has 0 atom stereocenters. The topological polar surface area (TPSA) is 29.3 Å². The third-order valence-electron chi connectivity index (χ3n) is 2.69. The Balaban J connectivity index is 2.78. The fourth-order valence-corrected chi connectivity index (χ4v) is 2.42. The molecule has 19 heavy (non-hydrogen) atoms. The molecule has 0 spiro atoms. The largest absolute Gasteiger partial charge is 0.401 e. The molecule has 0 saturated carbocycles. The Morgan fingerprint density at radius 1 is 1.32 bits per heavy atom. The molecule has 2 N–H and O–H groups in total. The van der Waals surface area contributed by atoms with Gasteiger partial charge in [-0.15, -0.1) is 0 Å². The monoisotopic (exact) mass is 338 g/mol. The lowest BCUT2D eigenvalue weighted by molar-refractivity contribution is -0.147. The molecule has 0 radical (unpaired) electrons. The van der Waals surface area contributed by atoms with E-state index in [1.54, 1.807) is 0 Å². The number of rotatable bonds is 6. The molecule has 0 aliphatic heterocycles. The summed E-state index contributed by atoms with van der Waals surface area (Å²) in [6, 6.07) is 5.52. The minimum Gasteiger partial charge on any atom is -0.326 e. The molecule has 0 bridgehead atoms. The van der Waals surface area contributed by atoms with E-state index in [1.807, 2.05) is 25.1 Å². The highest BCUT2D eigenvalue weighted by Crippen LogP contribution is 2.23. The number of hydrogen-bond donors (Lipinski definition) is 1. The lowest BCUT2D eigenvalue weighted by Crippen LogP contribution is -2.34. The summed E-state index contributed by atoms with van der Waals surface area (Å²) >= 11 is 3.38. The van der Waals surface area contributed by atoms with E-state index in [2.05, 4.69) is 15.9 Å². The Labute approximate surface area is 119 Å². The summed E-state index contributed by atoms with van der Waals surface area (Å²) in [5, 5.41) is 0. The normalized spacial score (nSPS) is 12.2. The smallest absolute Gasteiger partial charge is 0.326 e. The predicted molar refractivity (Wildman–Crippen MR) is 73.7 cm³/mol. The van der Waals surface area contributed by atoms with E-state index in [9.17, 15) is 13.2 Å². The van der Waals surface area contributed by atoms with Crippen molar-refractivity contribution in [3.8, 4) is 0 Å². The fraction of sp³-hybridized carbons (Fsp3) is 0.538. The summed E-state index contributed by atoms with van der Waals surface area (Å²) in [5.74, 6) is 0. The molecule has 0 aliphatic carbocycles. The molecule has 108 valence electrons. The van der Waals surface area contributed by atoms with Crippen LogP contribution in [0.3, 0.4) is 0 Å². The van der Waals surface area contributed by atoms with Gasteiger partial charge in [0.1, 0.15) is 0 Å². The number of alkyl halides is 3. The van der Waals surface area contributed by atoms with Crippen LogP contribution in [-0.4, -0.2) is 24.2 Å². The maximum Gasteiger partial charge on any atom is 0.401 e. The van der Waals surface area contributed by atoms with Crippen molar-refractivity contribution in [2.75, 3.05) is 13.1 Å². The van der Waals surface area contributed by atoms with Gasteiger partial charge in [-0.1, -0.05) is 35.0 Å². The minimum absolute atomic E-state index is 0.277. The zero-order chi connectivity index (χ0) is 14.5. The molecule has 0 aliphatic rings. The predicted octanol–water partition coefficient (Wildman–Crippen LogP) is 3.68. The van der Waals surface area contributed by atoms with Gasteiger partial charge < -0.3 is 5.73 Å². The second kappa shape index (κ2) is 7.26. The summed E-state index contributed by atoms with van der Waals surface area (Å²) in [5.41, 5.74) is 7.32. The second-order valence-electron chi connectivity index (χ2n) is 4.46. The van der Waals surface area contributed by atoms with Crippen LogP contribution in [-0.2, 0) is 13.1 Å². The molecular formula is C13H18BrF3N2. The standard InChI is InChI=1S/C13H18BrF3N2/c1-2-5-19(9-13(15,16)17)8-11-4-3-10(7-18)6-12(11)14/h3-4,6H,2,5,7-9,18H2,1H3. The Hall–Kier alpha value is -0.590. The lowest BCUT2D eigenvalue weighted by Gasteiger charge is -2.23. The van der Waals surface area contributed by atoms with Crippen LogP contribution in [0.25, 0.3) is 0 Å². The van der Waals surface area contributed by atoms with Crippen molar-refractivity contribution in [1.29, 1.82) is 0 Å². The highest BCUT2D eigenvalue weighted by molar-refractivity contribution is 9.10. The molecule has 0 saturated heterocycles. The average molecular weight is 339 g/mol. The van der Waals surface area contributed by atoms with Gasteiger partial charge in [0.2, 0.25) is 0 Å². The average Bonchev–Trinajstić information content (AvgIpc) is 2.30. The fourth-order valence-electron chi connectivity index (χ4n) is 1.87. The first-order valence-electron chi connectivity index (χ1n) is 6.12. The summed E-state index contributed by atoms with van der Waals surface area (Å²) in [7, 11) is 0. The second-order valence-corrected chi connectivity index (χ2v) is 5.31. The van der Waals surface area contributed by atoms with Crippen LogP contribution >= 0.6 is 15.9 Å². The molecule has 0 heterocycles. The summed E-state index contributed by atoms with van der Waals surface area (Å²) in [4.78, 5) is 1.40. The Kier molecular flexibility index (Phi) is 6.29. The van der Waals surface area contributed by atoms with Gasteiger partial charge in [0, 0.05) is 17.6 Å². The van der Waals surface area contributed by atoms with E-state index in [-0.39, 0.29) is 6.54 Å². The van der Waals surface area contributed by atoms with Gasteiger partial charge >= 0.3 is 6.18 Å². The molecule has 0 aromatic heterocycles. The Morgan fingerprint density at radius 2 is 2.00 bits per heavy atom. The molecule has 0 fully saturated rings. The lowest BCUT2D eigenvalue weighted by atomic mass is 10.1. The van der Waals surface area contributed by atoms with Crippen LogP contribution in [0.15, 0.2) is 22.7 Å². The van der Waals surface area contributed by atoms with Crippen molar-refractivity contribution in [2.24, 2.45) is 5.73 Å². The first kappa shape index (κ1) is 16.5. The van der Waals surface area contributed by atoms with Crippen LogP contribution in [0.2, 0.25) is 0 Å². The quantitative estimate of drug-likeness (QED) is 0.857. The number of nitrogens with zero attached hydrogens (tertiary/aromatic N) is 1. The third-order valence-corrected chi connectivity index (χ3v) is 3.43. The molecule has 2 nitrogen and oxygen atoms in total. The maximum absolute atomic E-state index is 12.5. The number of nitrogens with two attached hydrogens (primary N) is 1. The Morgan fingerprint density at radius 3 is 2.47 bits per heavy atom. The van der Waals surface area contributed by atoms with Gasteiger partial charge in [0.15, 0.2) is 0 Å². The SMILES string of the molecule is CCCN(Cc1ccc(CN)cc1Br)CC(F)(F)F. The van der Waals surface area contributed by atoms with Gasteiger partial charge in [-0.3, -0.25) is 4.90 Å². The summed E-state index contributed by atoms with van der Waals surface area (Å²) < 4.78 is 38.2. The van der Waals surface area contributed by atoms with Crippen LogP contribution in [0.5, 0.6) is 0 Å². The van der Waals surface area contributed by atoms with Gasteiger partial charge in [-0.05, 0) is 30.2 Å². The summed E-state index contributed by atoms with van der Waals surface area (Å²) in [6.45, 7) is 2.10. The molecule has 1 rings (SSSR count). The zero-order valence-electron chi connectivity index (χ0n) is 10.8. The van der Waals surface area contributed by atoms with Crippen molar-refractivity contribution < 1.29 is 13.2 Å². The van der Waals surface area contributed by atoms with Crippen LogP contribution in [0, 0.1) is 0 Å². The van der Waals surface area contributed by atoms with Crippen molar-refractivity contribution in [2.45, 2.75) is 32.6 Å². The zero-order valence-corrected chi connectivity index (χ0v) is 12.4. The van der Waals surface area contributed by atoms with E-state index in [0.717, 1.165) is 15.6 Å². The van der Waals surface area contributed by atoms with E-state index in [0.29, 0.717) is 19.5 Å². The molecule has 1 aromatic carbocycles. The molecule has 1 aromatic rings. The van der Waals surface area contributed by atoms with E-state index in [4.69, 9.17) is 5.73 Å². The van der Waals surface area contributed by atoms with Crippen molar-refractivity contribution in [1.82, 2.24) is 4.90 Å². The van der Waals surface area contributed by atoms with Crippen LogP contribution in [0.1, 0.15) is 24.5 Å². The van der Waals surface area contributed by atoms with Gasteiger partial charge in [0.25, 0.3) is 0 Å². The van der Waals surface area contributed by atoms with Gasteiger partial charge in [-0.25, -0.2) is 0 Å². The van der Waals surface area contributed by atoms with Crippen molar-refractivity contribution in [3.63, 3.8) is 0 Å². The van der Waals surface area contributed by atoms with Crippen molar-refractivity contribution >= 4 is 15.9 Å². The first-order chi connectivity index (χ1) is 8.85. The molecular weight excluding hydrogens is 321 g/mol. The van der Waals surface area contributed by atoms with E-state index < -0.39 is 12.7 Å².